The fraction of sp³-hybridized carbons (Fsp3) is 0.462. The third-order valence-electron chi connectivity index (χ3n) is 3.03. The van der Waals surface area contributed by atoms with Crippen molar-refractivity contribution in [2.24, 2.45) is 0 Å². The van der Waals surface area contributed by atoms with Crippen molar-refractivity contribution >= 4 is 11.3 Å². The van der Waals surface area contributed by atoms with E-state index in [0.717, 1.165) is 16.1 Å². The molecular weight excluding hydrogens is 248 g/mol. The van der Waals surface area contributed by atoms with Crippen molar-refractivity contribution < 1.29 is 9.84 Å². The minimum absolute atomic E-state index is 0.578. The van der Waals surface area contributed by atoms with Gasteiger partial charge in [0.25, 0.3) is 0 Å². The zero-order valence-electron chi connectivity index (χ0n) is 10.9. The van der Waals surface area contributed by atoms with Crippen LogP contribution in [0.3, 0.4) is 0 Å². The van der Waals surface area contributed by atoms with Gasteiger partial charge in [-0.3, -0.25) is 4.68 Å². The lowest BCUT2D eigenvalue weighted by atomic mass is 9.97. The van der Waals surface area contributed by atoms with Crippen LogP contribution < -0.4 is 0 Å². The molecule has 2 rings (SSSR count). The number of hydrogen-bond acceptors (Lipinski definition) is 4. The van der Waals surface area contributed by atoms with Crippen molar-refractivity contribution in [1.29, 1.82) is 0 Å². The van der Waals surface area contributed by atoms with Crippen molar-refractivity contribution in [3.05, 3.63) is 39.8 Å². The molecule has 18 heavy (non-hydrogen) atoms. The second-order valence-electron chi connectivity index (χ2n) is 4.44. The van der Waals surface area contributed by atoms with Crippen LogP contribution in [0.4, 0.5) is 0 Å². The summed E-state index contributed by atoms with van der Waals surface area (Å²) in [6.07, 6.45) is 1.71. The van der Waals surface area contributed by atoms with Crippen LogP contribution in [0.2, 0.25) is 0 Å². The number of rotatable bonds is 5. The summed E-state index contributed by atoms with van der Waals surface area (Å²) in [6.45, 7) is 5.04. The van der Waals surface area contributed by atoms with Gasteiger partial charge in [-0.1, -0.05) is 0 Å². The molecule has 0 aromatic carbocycles. The van der Waals surface area contributed by atoms with Gasteiger partial charge < -0.3 is 9.84 Å². The van der Waals surface area contributed by atoms with Gasteiger partial charge in [0.2, 0.25) is 0 Å². The van der Waals surface area contributed by atoms with E-state index < -0.39 is 5.60 Å². The molecule has 0 bridgehead atoms. The van der Waals surface area contributed by atoms with Crippen LogP contribution in [0.15, 0.2) is 23.7 Å². The Bertz CT molecular complexity index is 517. The predicted octanol–water partition coefficient (Wildman–Crippen LogP) is 2.16. The van der Waals surface area contributed by atoms with Crippen LogP contribution >= 0.6 is 11.3 Å². The Labute approximate surface area is 111 Å². The zero-order valence-corrected chi connectivity index (χ0v) is 11.7. The quantitative estimate of drug-likeness (QED) is 0.902. The van der Waals surface area contributed by atoms with Crippen LogP contribution in [0.1, 0.15) is 23.1 Å². The topological polar surface area (TPSA) is 47.3 Å². The van der Waals surface area contributed by atoms with Gasteiger partial charge in [-0.15, -0.1) is 11.3 Å². The van der Waals surface area contributed by atoms with E-state index in [4.69, 9.17) is 4.74 Å². The van der Waals surface area contributed by atoms with Gasteiger partial charge >= 0.3 is 0 Å². The lowest BCUT2D eigenvalue weighted by Gasteiger charge is -2.24. The highest BCUT2D eigenvalue weighted by Crippen LogP contribution is 2.34. The summed E-state index contributed by atoms with van der Waals surface area (Å²) in [6, 6.07) is 3.87. The van der Waals surface area contributed by atoms with E-state index in [2.05, 4.69) is 5.10 Å². The summed E-state index contributed by atoms with van der Waals surface area (Å²) in [4.78, 5) is 0.960. The first-order valence-electron chi connectivity index (χ1n) is 5.85. The van der Waals surface area contributed by atoms with E-state index in [0.29, 0.717) is 13.2 Å². The maximum absolute atomic E-state index is 10.8. The molecule has 0 radical (unpaired) electrons. The van der Waals surface area contributed by atoms with Gasteiger partial charge in [-0.05, 0) is 36.9 Å². The Morgan fingerprint density at radius 1 is 1.50 bits per heavy atom. The highest BCUT2D eigenvalue weighted by atomic mass is 32.1. The standard InChI is InChI=1S/C13H18N2O2S/c1-10-5-9-18-12(10)13(2,16)11-4-6-14-15(11)7-8-17-3/h4-6,9,16H,7-8H2,1-3H3. The second-order valence-corrected chi connectivity index (χ2v) is 5.35. The highest BCUT2D eigenvalue weighted by Gasteiger charge is 2.31. The third-order valence-corrected chi connectivity index (χ3v) is 4.25. The number of thiophene rings is 1. The minimum Gasteiger partial charge on any atom is -0.383 e. The molecule has 0 aliphatic rings. The normalized spacial score (nSPS) is 14.7. The number of aromatic nitrogens is 2. The number of ether oxygens (including phenoxy) is 1. The SMILES string of the molecule is COCCn1nccc1C(C)(O)c1sccc1C. The molecule has 0 fully saturated rings. The molecule has 2 aromatic heterocycles. The number of aliphatic hydroxyl groups is 1. The molecule has 0 aliphatic carbocycles. The molecule has 1 unspecified atom stereocenters. The number of methoxy groups -OCH3 is 1. The van der Waals surface area contributed by atoms with E-state index in [1.165, 1.54) is 0 Å². The Hall–Kier alpha value is -1.17. The molecule has 2 heterocycles. The van der Waals surface area contributed by atoms with Crippen molar-refractivity contribution in [3.8, 4) is 0 Å². The maximum Gasteiger partial charge on any atom is 0.138 e. The van der Waals surface area contributed by atoms with E-state index in [1.54, 1.807) is 29.3 Å². The van der Waals surface area contributed by atoms with E-state index in [9.17, 15) is 5.11 Å². The Balaban J connectivity index is 2.35. The first-order valence-corrected chi connectivity index (χ1v) is 6.73. The van der Waals surface area contributed by atoms with Crippen LogP contribution in [0, 0.1) is 6.92 Å². The van der Waals surface area contributed by atoms with Gasteiger partial charge in [0.1, 0.15) is 5.60 Å². The van der Waals surface area contributed by atoms with Crippen LogP contribution in [-0.2, 0) is 16.9 Å². The van der Waals surface area contributed by atoms with Crippen molar-refractivity contribution in [2.75, 3.05) is 13.7 Å². The van der Waals surface area contributed by atoms with Crippen molar-refractivity contribution in [3.63, 3.8) is 0 Å². The molecular formula is C13H18N2O2S. The average molecular weight is 266 g/mol. The average Bonchev–Trinajstić information content (AvgIpc) is 2.94. The Morgan fingerprint density at radius 3 is 2.89 bits per heavy atom. The molecule has 5 heteroatoms. The summed E-state index contributed by atoms with van der Waals surface area (Å²) >= 11 is 1.56. The van der Waals surface area contributed by atoms with E-state index in [1.807, 2.05) is 31.4 Å². The summed E-state index contributed by atoms with van der Waals surface area (Å²) < 4.78 is 6.85. The van der Waals surface area contributed by atoms with Gasteiger partial charge in [0.05, 0.1) is 18.8 Å². The van der Waals surface area contributed by atoms with Crippen molar-refractivity contribution in [2.45, 2.75) is 26.0 Å². The lowest BCUT2D eigenvalue weighted by Crippen LogP contribution is -2.27. The highest BCUT2D eigenvalue weighted by molar-refractivity contribution is 7.10. The number of nitrogens with zero attached hydrogens (tertiary/aromatic N) is 2. The van der Waals surface area contributed by atoms with Gasteiger partial charge in [-0.2, -0.15) is 5.10 Å². The smallest absolute Gasteiger partial charge is 0.138 e. The minimum atomic E-state index is -1.01. The molecule has 0 saturated heterocycles. The number of aryl methyl sites for hydroxylation is 1. The molecule has 0 saturated carbocycles. The third kappa shape index (κ3) is 2.34. The molecule has 1 N–H and O–H groups in total. The molecule has 2 aromatic rings. The number of hydrogen-bond donors (Lipinski definition) is 1. The Kier molecular flexibility index (Phi) is 3.85. The lowest BCUT2D eigenvalue weighted by molar-refractivity contribution is 0.0914. The fourth-order valence-corrected chi connectivity index (χ4v) is 3.09. The first-order chi connectivity index (χ1) is 8.57. The van der Waals surface area contributed by atoms with Gasteiger partial charge in [0.15, 0.2) is 0 Å². The first kappa shape index (κ1) is 13.3. The molecule has 0 aliphatic heterocycles. The molecule has 98 valence electrons. The monoisotopic (exact) mass is 266 g/mol. The second kappa shape index (κ2) is 5.22. The van der Waals surface area contributed by atoms with Crippen molar-refractivity contribution in [1.82, 2.24) is 9.78 Å². The Morgan fingerprint density at radius 2 is 2.28 bits per heavy atom. The maximum atomic E-state index is 10.8. The van der Waals surface area contributed by atoms with E-state index >= 15 is 0 Å². The molecule has 0 spiro atoms. The fourth-order valence-electron chi connectivity index (χ4n) is 2.09. The zero-order chi connectivity index (χ0) is 13.2. The van der Waals surface area contributed by atoms with Crippen LogP contribution in [-0.4, -0.2) is 28.6 Å². The van der Waals surface area contributed by atoms with Gasteiger partial charge in [-0.25, -0.2) is 0 Å². The summed E-state index contributed by atoms with van der Waals surface area (Å²) in [5.74, 6) is 0. The molecule has 4 nitrogen and oxygen atoms in total. The molecule has 1 atom stereocenters. The summed E-state index contributed by atoms with van der Waals surface area (Å²) in [5, 5.41) is 17.0. The summed E-state index contributed by atoms with van der Waals surface area (Å²) in [7, 11) is 1.66. The van der Waals surface area contributed by atoms with Gasteiger partial charge in [0, 0.05) is 18.2 Å². The van der Waals surface area contributed by atoms with E-state index in [-0.39, 0.29) is 0 Å². The summed E-state index contributed by atoms with van der Waals surface area (Å²) in [5.41, 5.74) is 0.886. The molecule has 0 amide bonds. The van der Waals surface area contributed by atoms with Crippen LogP contribution in [0.5, 0.6) is 0 Å². The predicted molar refractivity (Wildman–Crippen MR) is 71.8 cm³/mol. The largest absolute Gasteiger partial charge is 0.383 e. The van der Waals surface area contributed by atoms with Crippen LogP contribution in [0.25, 0.3) is 0 Å².